The molecule has 2 aliphatic heterocycles. The normalized spacial score (nSPS) is 22.6. The molecule has 1 aromatic rings. The summed E-state index contributed by atoms with van der Waals surface area (Å²) in [6.07, 6.45) is 2.97. The van der Waals surface area contributed by atoms with Gasteiger partial charge in [-0.05, 0) is 31.6 Å². The Morgan fingerprint density at radius 3 is 3.00 bits per heavy atom. The summed E-state index contributed by atoms with van der Waals surface area (Å²) in [5, 5.41) is 0. The average molecular weight is 243 g/mol. The number of aliphatic imine (C=N–C) groups is 2. The van der Waals surface area contributed by atoms with Crippen LogP contribution in [0, 0.1) is 5.92 Å². The molecule has 0 aliphatic carbocycles. The number of hydrogen-bond donors (Lipinski definition) is 0. The van der Waals surface area contributed by atoms with E-state index in [0.29, 0.717) is 6.54 Å². The second-order valence-electron chi connectivity index (χ2n) is 4.44. The molecule has 0 saturated carbocycles. The largest absolute Gasteiger partial charge is 0.467 e. The molecule has 0 fully saturated rings. The third-order valence-electron chi connectivity index (χ3n) is 3.46. The monoisotopic (exact) mass is 243 g/mol. The number of fused-ring (bicyclic) bond motifs is 1. The van der Waals surface area contributed by atoms with E-state index in [9.17, 15) is 4.79 Å². The van der Waals surface area contributed by atoms with E-state index in [1.54, 1.807) is 6.26 Å². The summed E-state index contributed by atoms with van der Waals surface area (Å²) in [5.41, 5.74) is 2.07. The van der Waals surface area contributed by atoms with Crippen molar-refractivity contribution < 1.29 is 9.21 Å². The molecular weight excluding hydrogens is 230 g/mol. The molecule has 92 valence electrons. The highest BCUT2D eigenvalue weighted by Gasteiger charge is 2.39. The number of amides is 1. The molecule has 2 aliphatic rings. The minimum absolute atomic E-state index is 0.140. The van der Waals surface area contributed by atoms with E-state index in [1.165, 1.54) is 6.34 Å². The SMILES string of the molecule is CC1=C(C)N(Cc2ccco2)C2=NC=NC(=O)C21. The fourth-order valence-corrected chi connectivity index (χ4v) is 2.36. The second-order valence-corrected chi connectivity index (χ2v) is 4.44. The van der Waals surface area contributed by atoms with E-state index in [-0.39, 0.29) is 11.8 Å². The standard InChI is InChI=1S/C13H13N3O2/c1-8-9(2)16(6-10-4-3-5-18-10)12-11(8)13(17)15-7-14-12/h3-5,7,11H,6H2,1-2H3. The van der Waals surface area contributed by atoms with E-state index in [4.69, 9.17) is 4.42 Å². The zero-order valence-electron chi connectivity index (χ0n) is 10.3. The number of allylic oxidation sites excluding steroid dienone is 1. The maximum Gasteiger partial charge on any atom is 0.262 e. The molecule has 5 nitrogen and oxygen atoms in total. The molecule has 0 radical (unpaired) electrons. The summed E-state index contributed by atoms with van der Waals surface area (Å²) in [6, 6.07) is 3.76. The molecular formula is C13H13N3O2. The molecule has 1 atom stereocenters. The highest BCUT2D eigenvalue weighted by atomic mass is 16.3. The van der Waals surface area contributed by atoms with Crippen LogP contribution in [0.4, 0.5) is 0 Å². The van der Waals surface area contributed by atoms with Crippen LogP contribution in [-0.2, 0) is 11.3 Å². The lowest BCUT2D eigenvalue weighted by atomic mass is 10.0. The van der Waals surface area contributed by atoms with Crippen LogP contribution in [0.3, 0.4) is 0 Å². The Bertz CT molecular complexity index is 581. The van der Waals surface area contributed by atoms with E-state index in [2.05, 4.69) is 9.98 Å². The Morgan fingerprint density at radius 2 is 2.28 bits per heavy atom. The number of furan rings is 1. The molecule has 1 unspecified atom stereocenters. The third-order valence-corrected chi connectivity index (χ3v) is 3.46. The van der Waals surface area contributed by atoms with Gasteiger partial charge in [0.15, 0.2) is 0 Å². The van der Waals surface area contributed by atoms with Gasteiger partial charge in [0.25, 0.3) is 5.91 Å². The summed E-state index contributed by atoms with van der Waals surface area (Å²) < 4.78 is 5.35. The van der Waals surface area contributed by atoms with Crippen molar-refractivity contribution >= 4 is 18.1 Å². The minimum Gasteiger partial charge on any atom is -0.467 e. The summed E-state index contributed by atoms with van der Waals surface area (Å²) in [6.45, 7) is 4.54. The highest BCUT2D eigenvalue weighted by Crippen LogP contribution is 2.33. The van der Waals surface area contributed by atoms with Gasteiger partial charge >= 0.3 is 0 Å². The zero-order valence-corrected chi connectivity index (χ0v) is 10.3. The summed E-state index contributed by atoms with van der Waals surface area (Å²) in [5.74, 6) is 1.14. The lowest BCUT2D eigenvalue weighted by Gasteiger charge is -2.22. The van der Waals surface area contributed by atoms with E-state index in [1.807, 2.05) is 30.9 Å². The zero-order chi connectivity index (χ0) is 12.7. The first-order valence-electron chi connectivity index (χ1n) is 5.80. The van der Waals surface area contributed by atoms with Gasteiger partial charge in [0.1, 0.15) is 23.9 Å². The van der Waals surface area contributed by atoms with Crippen LogP contribution in [0.2, 0.25) is 0 Å². The first kappa shape index (κ1) is 11.0. The molecule has 0 aromatic carbocycles. The maximum atomic E-state index is 11.8. The van der Waals surface area contributed by atoms with E-state index < -0.39 is 0 Å². The first-order valence-corrected chi connectivity index (χ1v) is 5.80. The van der Waals surface area contributed by atoms with Crippen molar-refractivity contribution in [1.82, 2.24) is 4.90 Å². The number of amidine groups is 1. The Labute approximate surface area is 105 Å². The lowest BCUT2D eigenvalue weighted by molar-refractivity contribution is -0.118. The van der Waals surface area contributed by atoms with Gasteiger partial charge in [-0.2, -0.15) is 0 Å². The van der Waals surface area contributed by atoms with Gasteiger partial charge in [-0.15, -0.1) is 0 Å². The molecule has 0 N–H and O–H groups in total. The third kappa shape index (κ3) is 1.51. The van der Waals surface area contributed by atoms with Crippen LogP contribution >= 0.6 is 0 Å². The number of hydrogen-bond acceptors (Lipinski definition) is 4. The van der Waals surface area contributed by atoms with Gasteiger partial charge in [-0.25, -0.2) is 9.98 Å². The van der Waals surface area contributed by atoms with Crippen molar-refractivity contribution in [2.45, 2.75) is 20.4 Å². The Balaban J connectivity index is 1.97. The Hall–Kier alpha value is -2.17. The van der Waals surface area contributed by atoms with Gasteiger partial charge in [-0.3, -0.25) is 4.79 Å². The Kier molecular flexibility index (Phi) is 2.40. The van der Waals surface area contributed by atoms with Crippen molar-refractivity contribution in [3.05, 3.63) is 35.4 Å². The van der Waals surface area contributed by atoms with Crippen LogP contribution < -0.4 is 0 Å². The molecule has 1 aromatic heterocycles. The minimum atomic E-state index is -0.315. The molecule has 0 bridgehead atoms. The van der Waals surface area contributed by atoms with Gasteiger partial charge in [0.05, 0.1) is 12.8 Å². The van der Waals surface area contributed by atoms with Crippen LogP contribution in [0.15, 0.2) is 44.1 Å². The predicted molar refractivity (Wildman–Crippen MR) is 67.0 cm³/mol. The predicted octanol–water partition coefficient (Wildman–Crippen LogP) is 1.97. The maximum absolute atomic E-state index is 11.8. The molecule has 1 amide bonds. The molecule has 3 rings (SSSR count). The quantitative estimate of drug-likeness (QED) is 0.798. The highest BCUT2D eigenvalue weighted by molar-refractivity contribution is 6.14. The second kappa shape index (κ2) is 3.94. The fraction of sp³-hybridized carbons (Fsp3) is 0.308. The van der Waals surface area contributed by atoms with Gasteiger partial charge in [0.2, 0.25) is 0 Å². The molecule has 0 spiro atoms. The van der Waals surface area contributed by atoms with Crippen molar-refractivity contribution in [3.8, 4) is 0 Å². The van der Waals surface area contributed by atoms with Crippen molar-refractivity contribution in [2.24, 2.45) is 15.9 Å². The molecule has 3 heterocycles. The smallest absolute Gasteiger partial charge is 0.262 e. The number of rotatable bonds is 2. The van der Waals surface area contributed by atoms with Crippen molar-refractivity contribution in [2.75, 3.05) is 0 Å². The summed E-state index contributed by atoms with van der Waals surface area (Å²) in [4.78, 5) is 21.8. The van der Waals surface area contributed by atoms with Gasteiger partial charge in [0, 0.05) is 5.70 Å². The van der Waals surface area contributed by atoms with Crippen molar-refractivity contribution in [3.63, 3.8) is 0 Å². The van der Waals surface area contributed by atoms with Gasteiger partial charge < -0.3 is 9.32 Å². The number of carbonyl (C=O) groups excluding carboxylic acids is 1. The number of nitrogens with zero attached hydrogens (tertiary/aromatic N) is 3. The average Bonchev–Trinajstić information content (AvgIpc) is 2.94. The van der Waals surface area contributed by atoms with Crippen LogP contribution in [-0.4, -0.2) is 23.0 Å². The summed E-state index contributed by atoms with van der Waals surface area (Å²) >= 11 is 0. The first-order chi connectivity index (χ1) is 8.68. The molecule has 0 saturated heterocycles. The lowest BCUT2D eigenvalue weighted by Crippen LogP contribution is -2.33. The van der Waals surface area contributed by atoms with Gasteiger partial charge in [-0.1, -0.05) is 0 Å². The van der Waals surface area contributed by atoms with E-state index in [0.717, 1.165) is 22.9 Å². The van der Waals surface area contributed by atoms with E-state index >= 15 is 0 Å². The summed E-state index contributed by atoms with van der Waals surface area (Å²) in [7, 11) is 0. The topological polar surface area (TPSA) is 58.2 Å². The number of carbonyl (C=O) groups is 1. The van der Waals surface area contributed by atoms with Crippen LogP contribution in [0.1, 0.15) is 19.6 Å². The molecule has 5 heteroatoms. The van der Waals surface area contributed by atoms with Crippen LogP contribution in [0.5, 0.6) is 0 Å². The Morgan fingerprint density at radius 1 is 1.44 bits per heavy atom. The van der Waals surface area contributed by atoms with Crippen molar-refractivity contribution in [1.29, 1.82) is 0 Å². The molecule has 18 heavy (non-hydrogen) atoms. The van der Waals surface area contributed by atoms with Crippen LogP contribution in [0.25, 0.3) is 0 Å². The fourth-order valence-electron chi connectivity index (χ4n) is 2.36.